The molecular formula is C32H34N4O6. The van der Waals surface area contributed by atoms with Gasteiger partial charge < -0.3 is 18.9 Å². The average Bonchev–Trinajstić information content (AvgIpc) is 2.98. The molecule has 0 radical (unpaired) electrons. The quantitative estimate of drug-likeness (QED) is 0.414. The summed E-state index contributed by atoms with van der Waals surface area (Å²) in [7, 11) is 1.54. The standard InChI is InChI=1S/C32H34N4O6/c1-3-42-26-11-7-21(8-12-26)16-32(20-34-17-22-15-23(19-34)27-5-4-6-28(37)35(27)18-22)29(38)33-31(40)36(30(32)39)24-9-13-25(41-2)14-10-24/h4-14,22-23H,3,15-20H2,1-2H3,(H,33,38,40)/t22-,23+,32?/m0/s1. The number of aromatic nitrogens is 1. The van der Waals surface area contributed by atoms with Crippen molar-refractivity contribution < 1.29 is 23.9 Å². The summed E-state index contributed by atoms with van der Waals surface area (Å²) in [6.45, 7) is 4.40. The Morgan fingerprint density at radius 3 is 2.36 bits per heavy atom. The molecule has 10 nitrogen and oxygen atoms in total. The summed E-state index contributed by atoms with van der Waals surface area (Å²) in [6, 6.07) is 18.6. The number of methoxy groups -OCH3 is 1. The fraction of sp³-hybridized carbons (Fsp3) is 0.375. The first-order chi connectivity index (χ1) is 20.3. The number of piperidine rings is 1. The zero-order valence-electron chi connectivity index (χ0n) is 23.7. The van der Waals surface area contributed by atoms with Crippen molar-refractivity contribution in [1.82, 2.24) is 14.8 Å². The van der Waals surface area contributed by atoms with Crippen LogP contribution in [0.3, 0.4) is 0 Å². The number of amides is 4. The molecule has 4 heterocycles. The minimum absolute atomic E-state index is 0.00176. The Morgan fingerprint density at radius 2 is 1.64 bits per heavy atom. The molecule has 218 valence electrons. The van der Waals surface area contributed by atoms with E-state index in [1.54, 1.807) is 36.4 Å². The summed E-state index contributed by atoms with van der Waals surface area (Å²) < 4.78 is 12.7. The minimum Gasteiger partial charge on any atom is -0.497 e. The van der Waals surface area contributed by atoms with Crippen LogP contribution < -0.4 is 25.2 Å². The third kappa shape index (κ3) is 4.96. The Labute approximate surface area is 243 Å². The number of benzene rings is 2. The van der Waals surface area contributed by atoms with E-state index in [9.17, 15) is 19.2 Å². The van der Waals surface area contributed by atoms with E-state index in [1.807, 2.05) is 41.8 Å². The molecule has 1 aromatic heterocycles. The monoisotopic (exact) mass is 570 g/mol. The van der Waals surface area contributed by atoms with Crippen LogP contribution in [-0.2, 0) is 22.6 Å². The molecule has 1 unspecified atom stereocenters. The van der Waals surface area contributed by atoms with E-state index in [0.29, 0.717) is 43.4 Å². The van der Waals surface area contributed by atoms with Gasteiger partial charge in [0.1, 0.15) is 16.9 Å². The molecule has 6 rings (SSSR count). The molecule has 3 aliphatic rings. The highest BCUT2D eigenvalue weighted by Gasteiger charge is 2.55. The number of urea groups is 1. The lowest BCUT2D eigenvalue weighted by Crippen LogP contribution is -2.68. The van der Waals surface area contributed by atoms with Gasteiger partial charge >= 0.3 is 6.03 Å². The van der Waals surface area contributed by atoms with Gasteiger partial charge in [-0.15, -0.1) is 0 Å². The number of nitrogens with one attached hydrogen (secondary N) is 1. The summed E-state index contributed by atoms with van der Waals surface area (Å²) in [5, 5.41) is 2.49. The molecule has 2 saturated heterocycles. The van der Waals surface area contributed by atoms with Crippen molar-refractivity contribution in [2.75, 3.05) is 38.3 Å². The van der Waals surface area contributed by atoms with E-state index >= 15 is 0 Å². The maximum atomic E-state index is 14.5. The van der Waals surface area contributed by atoms with Gasteiger partial charge in [-0.05, 0) is 73.7 Å². The van der Waals surface area contributed by atoms with Crippen LogP contribution in [0.25, 0.3) is 0 Å². The summed E-state index contributed by atoms with van der Waals surface area (Å²) >= 11 is 0. The zero-order chi connectivity index (χ0) is 29.4. The van der Waals surface area contributed by atoms with E-state index in [4.69, 9.17) is 9.47 Å². The van der Waals surface area contributed by atoms with Gasteiger partial charge in [-0.1, -0.05) is 18.2 Å². The molecule has 42 heavy (non-hydrogen) atoms. The van der Waals surface area contributed by atoms with Crippen molar-refractivity contribution >= 4 is 23.5 Å². The van der Waals surface area contributed by atoms with Gasteiger partial charge in [0.2, 0.25) is 5.91 Å². The number of carbonyl (C=O) groups is 3. The van der Waals surface area contributed by atoms with Crippen LogP contribution >= 0.6 is 0 Å². The lowest BCUT2D eigenvalue weighted by Gasteiger charge is -2.47. The van der Waals surface area contributed by atoms with Gasteiger partial charge in [-0.2, -0.15) is 0 Å². The Morgan fingerprint density at radius 1 is 0.905 bits per heavy atom. The highest BCUT2D eigenvalue weighted by Crippen LogP contribution is 2.39. The summed E-state index contributed by atoms with van der Waals surface area (Å²) in [5.74, 6) is 0.420. The molecule has 3 aliphatic heterocycles. The van der Waals surface area contributed by atoms with E-state index < -0.39 is 23.3 Å². The molecule has 10 heteroatoms. The summed E-state index contributed by atoms with van der Waals surface area (Å²) in [5.41, 5.74) is 0.547. The smallest absolute Gasteiger partial charge is 0.335 e. The first-order valence-electron chi connectivity index (χ1n) is 14.3. The molecule has 2 aromatic carbocycles. The highest BCUT2D eigenvalue weighted by molar-refractivity contribution is 6.30. The number of ether oxygens (including phenoxy) is 2. The Balaban J connectivity index is 1.36. The van der Waals surface area contributed by atoms with Crippen molar-refractivity contribution in [3.8, 4) is 11.5 Å². The van der Waals surface area contributed by atoms with Crippen molar-refractivity contribution in [3.05, 3.63) is 88.3 Å². The Bertz CT molecular complexity index is 1570. The molecule has 0 aliphatic carbocycles. The number of fused-ring (bicyclic) bond motifs is 4. The molecule has 4 amide bonds. The third-order valence-corrected chi connectivity index (χ3v) is 8.59. The SMILES string of the molecule is CCOc1ccc(CC2(CN3C[C@@H]4C[C@H](C3)c3cccc(=O)n3C4)C(=O)NC(=O)N(c3ccc(OC)cc3)C2=O)cc1. The Hall–Kier alpha value is -4.44. The number of hydrogen-bond donors (Lipinski definition) is 1. The van der Waals surface area contributed by atoms with Gasteiger partial charge in [0.25, 0.3) is 11.5 Å². The molecule has 3 atom stereocenters. The summed E-state index contributed by atoms with van der Waals surface area (Å²) in [6.07, 6.45) is 1.05. The topological polar surface area (TPSA) is 110 Å². The van der Waals surface area contributed by atoms with Gasteiger partial charge in [0.15, 0.2) is 0 Å². The van der Waals surface area contributed by atoms with Crippen LogP contribution in [0.2, 0.25) is 0 Å². The lowest BCUT2D eigenvalue weighted by molar-refractivity contribution is -0.144. The maximum Gasteiger partial charge on any atom is 0.335 e. The van der Waals surface area contributed by atoms with Gasteiger partial charge in [0.05, 0.1) is 19.4 Å². The Kier molecular flexibility index (Phi) is 7.32. The fourth-order valence-electron chi connectivity index (χ4n) is 6.72. The van der Waals surface area contributed by atoms with Crippen molar-refractivity contribution in [2.24, 2.45) is 11.3 Å². The van der Waals surface area contributed by atoms with Crippen LogP contribution in [-0.4, -0.2) is 60.7 Å². The van der Waals surface area contributed by atoms with Crippen molar-refractivity contribution in [2.45, 2.75) is 32.2 Å². The summed E-state index contributed by atoms with van der Waals surface area (Å²) in [4.78, 5) is 57.2. The van der Waals surface area contributed by atoms with Gasteiger partial charge in [0, 0.05) is 43.9 Å². The molecule has 0 saturated carbocycles. The van der Waals surface area contributed by atoms with Crippen LogP contribution in [0.1, 0.15) is 30.5 Å². The van der Waals surface area contributed by atoms with Crippen LogP contribution in [0.15, 0.2) is 71.5 Å². The normalized spacial score (nSPS) is 23.8. The average molecular weight is 571 g/mol. The van der Waals surface area contributed by atoms with Crippen LogP contribution in [0, 0.1) is 11.3 Å². The second kappa shape index (κ2) is 11.1. The van der Waals surface area contributed by atoms with Crippen LogP contribution in [0.5, 0.6) is 11.5 Å². The molecule has 1 N–H and O–H groups in total. The fourth-order valence-corrected chi connectivity index (χ4v) is 6.72. The second-order valence-corrected chi connectivity index (χ2v) is 11.3. The zero-order valence-corrected chi connectivity index (χ0v) is 23.7. The number of anilines is 1. The number of rotatable bonds is 8. The third-order valence-electron chi connectivity index (χ3n) is 8.59. The predicted octanol–water partition coefficient (Wildman–Crippen LogP) is 3.19. The van der Waals surface area contributed by atoms with E-state index in [-0.39, 0.29) is 30.4 Å². The number of nitrogens with zero attached hydrogens (tertiary/aromatic N) is 3. The highest BCUT2D eigenvalue weighted by atomic mass is 16.5. The lowest BCUT2D eigenvalue weighted by atomic mass is 9.75. The largest absolute Gasteiger partial charge is 0.497 e. The number of likely N-dealkylation sites (tertiary alicyclic amines) is 1. The number of hydrogen-bond acceptors (Lipinski definition) is 7. The van der Waals surface area contributed by atoms with Gasteiger partial charge in [-0.3, -0.25) is 19.7 Å². The molecular weight excluding hydrogens is 536 g/mol. The van der Waals surface area contributed by atoms with Crippen LogP contribution in [0.4, 0.5) is 10.5 Å². The molecule has 2 fully saturated rings. The number of barbiturate groups is 1. The molecule has 3 aromatic rings. The van der Waals surface area contributed by atoms with E-state index in [1.165, 1.54) is 7.11 Å². The minimum atomic E-state index is -1.57. The maximum absolute atomic E-state index is 14.5. The van der Waals surface area contributed by atoms with E-state index in [0.717, 1.165) is 22.6 Å². The predicted molar refractivity (Wildman–Crippen MR) is 156 cm³/mol. The molecule has 2 bridgehead atoms. The second-order valence-electron chi connectivity index (χ2n) is 11.3. The van der Waals surface area contributed by atoms with Crippen molar-refractivity contribution in [3.63, 3.8) is 0 Å². The first kappa shape index (κ1) is 27.7. The first-order valence-corrected chi connectivity index (χ1v) is 14.3. The number of carbonyl (C=O) groups excluding carboxylic acids is 3. The van der Waals surface area contributed by atoms with Crippen molar-refractivity contribution in [1.29, 1.82) is 0 Å². The van der Waals surface area contributed by atoms with Gasteiger partial charge in [-0.25, -0.2) is 9.69 Å². The van der Waals surface area contributed by atoms with E-state index in [2.05, 4.69) is 10.2 Å². The number of pyridine rings is 1. The number of imide groups is 2. The molecule has 0 spiro atoms.